The van der Waals surface area contributed by atoms with Gasteiger partial charge in [0.05, 0.1) is 30.5 Å². The first-order chi connectivity index (χ1) is 24.8. The minimum atomic E-state index is -1.74. The molecule has 0 saturated heterocycles. The summed E-state index contributed by atoms with van der Waals surface area (Å²) in [5, 5.41) is 8.54. The van der Waals surface area contributed by atoms with Crippen LogP contribution in [-0.2, 0) is 51.2 Å². The monoisotopic (exact) mass is 852 g/mol. The van der Waals surface area contributed by atoms with Crippen LogP contribution in [0.25, 0.3) is 0 Å². The molecule has 3 amide bonds. The largest absolute Gasteiger partial charge is 0.509 e. The maximum absolute atomic E-state index is 14.1. The number of esters is 1. The SMILES string of the molecule is COC[C@H](NC(=O)c1cnc(C)s1)C(=O)N[C@@H](COC)C(=O)N[C@@H](Cc1ccccc1)C(=O)[C@@](C)(CI)OC(=O)OCc1ccc(OC(C)=O)cc1. The molecule has 3 N–H and O–H groups in total. The van der Waals surface area contributed by atoms with Crippen LogP contribution in [0.5, 0.6) is 5.75 Å². The van der Waals surface area contributed by atoms with Crippen molar-refractivity contribution in [2.45, 2.75) is 57.5 Å². The molecule has 0 radical (unpaired) electrons. The Morgan fingerprint density at radius 3 is 1.98 bits per heavy atom. The standard InChI is InChI=1S/C35H41IN4O11S/c1-21-37-16-29(52-21)33(45)40-28(19-48-5)32(44)39-27(18-47-4)31(43)38-26(15-23-9-7-6-8-10-23)30(42)35(3,20-36)51-34(46)49-17-24-11-13-25(14-12-24)50-22(2)41/h6-14,16,26-28H,15,17-20H2,1-5H3,(H,38,43)(H,39,44)(H,40,45)/t26-,27-,28-,35+/m0/s1. The fourth-order valence-electron chi connectivity index (χ4n) is 4.69. The quantitative estimate of drug-likeness (QED) is 0.0691. The van der Waals surface area contributed by atoms with Gasteiger partial charge in [-0.05, 0) is 43.5 Å². The van der Waals surface area contributed by atoms with Crippen molar-refractivity contribution in [1.82, 2.24) is 20.9 Å². The van der Waals surface area contributed by atoms with E-state index in [-0.39, 0.29) is 30.7 Å². The summed E-state index contributed by atoms with van der Waals surface area (Å²) in [5.74, 6) is -2.82. The Bertz CT molecular complexity index is 1690. The second-order valence-electron chi connectivity index (χ2n) is 11.6. The average molecular weight is 853 g/mol. The van der Waals surface area contributed by atoms with Crippen LogP contribution in [-0.4, -0.2) is 96.2 Å². The summed E-state index contributed by atoms with van der Waals surface area (Å²) in [4.78, 5) is 82.3. The fraction of sp³-hybridized carbons (Fsp3) is 0.400. The van der Waals surface area contributed by atoms with E-state index in [4.69, 9.17) is 23.7 Å². The number of carbonyl (C=O) groups excluding carboxylic acids is 6. The molecule has 1 aromatic heterocycles. The summed E-state index contributed by atoms with van der Waals surface area (Å²) < 4.78 is 26.2. The zero-order valence-corrected chi connectivity index (χ0v) is 32.2. The highest BCUT2D eigenvalue weighted by Gasteiger charge is 2.42. The molecule has 3 rings (SSSR count). The van der Waals surface area contributed by atoms with Crippen molar-refractivity contribution in [3.8, 4) is 5.75 Å². The number of ether oxygens (including phenoxy) is 5. The number of aromatic nitrogens is 1. The lowest BCUT2D eigenvalue weighted by Crippen LogP contribution is -2.60. The molecule has 0 aliphatic heterocycles. The number of nitrogens with one attached hydrogen (secondary N) is 3. The fourth-order valence-corrected chi connectivity index (χ4v) is 5.90. The van der Waals surface area contributed by atoms with E-state index < -0.39 is 59.4 Å². The molecule has 3 aromatic rings. The number of nitrogens with zero attached hydrogens (tertiary/aromatic N) is 1. The molecule has 2 aromatic carbocycles. The number of methoxy groups -OCH3 is 2. The number of amides is 3. The van der Waals surface area contributed by atoms with Gasteiger partial charge in [-0.2, -0.15) is 0 Å². The highest BCUT2D eigenvalue weighted by Crippen LogP contribution is 2.22. The molecule has 1 heterocycles. The topological polar surface area (TPSA) is 198 Å². The molecular formula is C35H41IN4O11S. The summed E-state index contributed by atoms with van der Waals surface area (Å²) in [7, 11) is 2.69. The van der Waals surface area contributed by atoms with Crippen LogP contribution >= 0.6 is 33.9 Å². The van der Waals surface area contributed by atoms with Gasteiger partial charge >= 0.3 is 12.1 Å². The van der Waals surface area contributed by atoms with Crippen LogP contribution < -0.4 is 20.7 Å². The number of benzene rings is 2. The molecular weight excluding hydrogens is 811 g/mol. The van der Waals surface area contributed by atoms with E-state index in [9.17, 15) is 28.8 Å². The van der Waals surface area contributed by atoms with Crippen LogP contribution in [0.15, 0.2) is 60.8 Å². The van der Waals surface area contributed by atoms with E-state index in [0.29, 0.717) is 26.8 Å². The third kappa shape index (κ3) is 12.9. The smallest absolute Gasteiger partial charge is 0.429 e. The molecule has 0 saturated carbocycles. The summed E-state index contributed by atoms with van der Waals surface area (Å²) in [6, 6.07) is 11.5. The number of alkyl halides is 1. The Morgan fingerprint density at radius 1 is 0.846 bits per heavy atom. The van der Waals surface area contributed by atoms with Gasteiger partial charge in [-0.1, -0.05) is 65.1 Å². The molecule has 0 aliphatic carbocycles. The van der Waals surface area contributed by atoms with Crippen LogP contribution in [0.2, 0.25) is 0 Å². The van der Waals surface area contributed by atoms with Crippen molar-refractivity contribution in [1.29, 1.82) is 0 Å². The number of hydrogen-bond donors (Lipinski definition) is 3. The van der Waals surface area contributed by atoms with Crippen molar-refractivity contribution in [2.24, 2.45) is 0 Å². The molecule has 15 nitrogen and oxygen atoms in total. The van der Waals surface area contributed by atoms with Crippen molar-refractivity contribution < 1.29 is 52.5 Å². The van der Waals surface area contributed by atoms with Crippen molar-refractivity contribution >= 4 is 69.6 Å². The normalized spacial score (nSPS) is 13.7. The van der Waals surface area contributed by atoms with Crippen LogP contribution in [0.3, 0.4) is 0 Å². The molecule has 0 unspecified atom stereocenters. The average Bonchev–Trinajstić information content (AvgIpc) is 3.56. The Balaban J connectivity index is 1.75. The third-order valence-corrected chi connectivity index (χ3v) is 9.68. The number of thiazole rings is 1. The summed E-state index contributed by atoms with van der Waals surface area (Å²) in [6.45, 7) is 3.76. The van der Waals surface area contributed by atoms with Gasteiger partial charge in [0.25, 0.3) is 5.91 Å². The molecule has 0 aliphatic rings. The first-order valence-corrected chi connectivity index (χ1v) is 18.2. The highest BCUT2D eigenvalue weighted by atomic mass is 127. The first-order valence-electron chi connectivity index (χ1n) is 15.9. The minimum Gasteiger partial charge on any atom is -0.429 e. The number of hydrogen-bond acceptors (Lipinski definition) is 13. The number of ketones is 1. The molecule has 17 heteroatoms. The van der Waals surface area contributed by atoms with Gasteiger partial charge in [-0.3, -0.25) is 24.0 Å². The lowest BCUT2D eigenvalue weighted by molar-refractivity contribution is -0.141. The minimum absolute atomic E-state index is 0.00680. The van der Waals surface area contributed by atoms with Crippen LogP contribution in [0, 0.1) is 6.92 Å². The van der Waals surface area contributed by atoms with Crippen molar-refractivity contribution in [2.75, 3.05) is 31.9 Å². The van der Waals surface area contributed by atoms with Gasteiger partial charge in [0.15, 0.2) is 11.4 Å². The molecule has 4 atom stereocenters. The number of halogens is 1. The van der Waals surface area contributed by atoms with Gasteiger partial charge in [-0.25, -0.2) is 9.78 Å². The third-order valence-electron chi connectivity index (χ3n) is 7.31. The summed E-state index contributed by atoms with van der Waals surface area (Å²) >= 11 is 3.05. The van der Waals surface area contributed by atoms with E-state index in [1.165, 1.54) is 46.4 Å². The van der Waals surface area contributed by atoms with E-state index >= 15 is 0 Å². The predicted octanol–water partition coefficient (Wildman–Crippen LogP) is 3.10. The molecule has 0 bridgehead atoms. The van der Waals surface area contributed by atoms with Crippen LogP contribution in [0.1, 0.15) is 39.7 Å². The van der Waals surface area contributed by atoms with Gasteiger partial charge in [0, 0.05) is 25.6 Å². The zero-order valence-electron chi connectivity index (χ0n) is 29.3. The molecule has 0 fully saturated rings. The van der Waals surface area contributed by atoms with E-state index in [2.05, 4.69) is 20.9 Å². The number of Topliss-reactive ketones (excluding diaryl/α,β-unsaturated/α-hetero) is 1. The lowest BCUT2D eigenvalue weighted by Gasteiger charge is -2.31. The van der Waals surface area contributed by atoms with E-state index in [1.54, 1.807) is 49.4 Å². The van der Waals surface area contributed by atoms with Crippen molar-refractivity contribution in [3.05, 3.63) is 81.8 Å². The molecule has 52 heavy (non-hydrogen) atoms. The van der Waals surface area contributed by atoms with Gasteiger partial charge in [0.1, 0.15) is 29.3 Å². The van der Waals surface area contributed by atoms with E-state index in [0.717, 1.165) is 11.3 Å². The summed E-state index contributed by atoms with van der Waals surface area (Å²) in [6.07, 6.45) is 0.294. The first kappa shape index (κ1) is 42.0. The molecule has 0 spiro atoms. The Morgan fingerprint density at radius 2 is 1.44 bits per heavy atom. The second kappa shape index (κ2) is 20.5. The zero-order chi connectivity index (χ0) is 38.3. The number of aryl methyl sites for hydroxylation is 1. The maximum atomic E-state index is 14.1. The predicted molar refractivity (Wildman–Crippen MR) is 197 cm³/mol. The Hall–Kier alpha value is -4.46. The molecule has 280 valence electrons. The second-order valence-corrected chi connectivity index (χ2v) is 13.6. The lowest BCUT2D eigenvalue weighted by atomic mass is 9.92. The van der Waals surface area contributed by atoms with Crippen molar-refractivity contribution in [3.63, 3.8) is 0 Å². The number of rotatable bonds is 19. The number of carbonyl (C=O) groups is 6. The van der Waals surface area contributed by atoms with E-state index in [1.807, 2.05) is 22.6 Å². The summed E-state index contributed by atoms with van der Waals surface area (Å²) in [5.41, 5.74) is -0.473. The van der Waals surface area contributed by atoms with Gasteiger partial charge in [-0.15, -0.1) is 11.3 Å². The maximum Gasteiger partial charge on any atom is 0.509 e. The van der Waals surface area contributed by atoms with Gasteiger partial charge in [0.2, 0.25) is 11.8 Å². The Kier molecular flexibility index (Phi) is 16.6. The van der Waals surface area contributed by atoms with Gasteiger partial charge < -0.3 is 39.6 Å². The van der Waals surface area contributed by atoms with Crippen LogP contribution in [0.4, 0.5) is 4.79 Å². The Labute approximate surface area is 318 Å². The highest BCUT2D eigenvalue weighted by molar-refractivity contribution is 14.1.